The zero-order chi connectivity index (χ0) is 26.1. The van der Waals surface area contributed by atoms with E-state index in [1.165, 1.54) is 0 Å². The highest BCUT2D eigenvalue weighted by Crippen LogP contribution is 2.20. The fraction of sp³-hybridized carbons (Fsp3) is 0.483. The van der Waals surface area contributed by atoms with E-state index in [4.69, 9.17) is 9.72 Å². The number of imidazole rings is 1. The molecule has 2 amide bonds. The standard InChI is InChI=1S/C29H40N4O3/c1-6-21(3)33(22(4)7-2)29(35)20-32-26-12-9-8-11-25(26)31-27(32)13-10-18-30-28(34)19-23-14-16-24(36-5)17-15-23/h8-9,11-12,14-17,21-22H,6-7,10,13,18-20H2,1-5H3,(H,30,34). The second-order valence-corrected chi connectivity index (χ2v) is 9.40. The number of nitrogens with one attached hydrogen (secondary N) is 1. The Morgan fingerprint density at radius 2 is 1.69 bits per heavy atom. The summed E-state index contributed by atoms with van der Waals surface area (Å²) in [4.78, 5) is 32.7. The Morgan fingerprint density at radius 3 is 2.33 bits per heavy atom. The van der Waals surface area contributed by atoms with Crippen molar-refractivity contribution < 1.29 is 14.3 Å². The van der Waals surface area contributed by atoms with Gasteiger partial charge in [0.15, 0.2) is 0 Å². The molecule has 0 spiro atoms. The number of carbonyl (C=O) groups excluding carboxylic acids is 2. The molecule has 36 heavy (non-hydrogen) atoms. The number of para-hydroxylation sites is 2. The van der Waals surface area contributed by atoms with Crippen LogP contribution in [0.4, 0.5) is 0 Å². The maximum Gasteiger partial charge on any atom is 0.243 e. The SMILES string of the molecule is CCC(C)N(C(=O)Cn1c(CCCNC(=O)Cc2ccc(OC)cc2)nc2ccccc21)C(C)CC. The number of methoxy groups -OCH3 is 1. The van der Waals surface area contributed by atoms with Crippen molar-refractivity contribution in [2.24, 2.45) is 0 Å². The van der Waals surface area contributed by atoms with Gasteiger partial charge in [-0.15, -0.1) is 0 Å². The van der Waals surface area contributed by atoms with Crippen LogP contribution in [0.5, 0.6) is 5.75 Å². The Kier molecular flexibility index (Phi) is 9.91. The van der Waals surface area contributed by atoms with E-state index in [1.807, 2.05) is 53.4 Å². The summed E-state index contributed by atoms with van der Waals surface area (Å²) in [6.45, 7) is 9.30. The zero-order valence-electron chi connectivity index (χ0n) is 22.3. The number of ether oxygens (including phenoxy) is 1. The Bertz CT molecular complexity index is 1130. The van der Waals surface area contributed by atoms with Crippen molar-refractivity contribution in [3.8, 4) is 5.75 Å². The van der Waals surface area contributed by atoms with Gasteiger partial charge in [-0.25, -0.2) is 4.98 Å². The molecule has 2 atom stereocenters. The third kappa shape index (κ3) is 6.86. The van der Waals surface area contributed by atoms with Crippen LogP contribution >= 0.6 is 0 Å². The molecule has 2 unspecified atom stereocenters. The van der Waals surface area contributed by atoms with Gasteiger partial charge < -0.3 is 19.5 Å². The smallest absolute Gasteiger partial charge is 0.243 e. The number of aryl methyl sites for hydroxylation is 1. The third-order valence-corrected chi connectivity index (χ3v) is 6.87. The van der Waals surface area contributed by atoms with E-state index in [0.717, 1.165) is 47.4 Å². The van der Waals surface area contributed by atoms with Crippen molar-refractivity contribution in [1.82, 2.24) is 19.8 Å². The summed E-state index contributed by atoms with van der Waals surface area (Å²) in [5.74, 6) is 1.76. The number of nitrogens with zero attached hydrogens (tertiary/aromatic N) is 3. The second-order valence-electron chi connectivity index (χ2n) is 9.40. The molecule has 194 valence electrons. The van der Waals surface area contributed by atoms with Crippen LogP contribution in [0.2, 0.25) is 0 Å². The summed E-state index contributed by atoms with van der Waals surface area (Å²) in [5, 5.41) is 3.00. The molecule has 0 saturated heterocycles. The summed E-state index contributed by atoms with van der Waals surface area (Å²) >= 11 is 0. The van der Waals surface area contributed by atoms with Crippen molar-refractivity contribution in [2.75, 3.05) is 13.7 Å². The maximum atomic E-state index is 13.5. The lowest BCUT2D eigenvalue weighted by Crippen LogP contribution is -2.45. The van der Waals surface area contributed by atoms with E-state index in [0.29, 0.717) is 19.4 Å². The fourth-order valence-corrected chi connectivity index (χ4v) is 4.49. The van der Waals surface area contributed by atoms with Crippen molar-refractivity contribution in [3.63, 3.8) is 0 Å². The van der Waals surface area contributed by atoms with Crippen LogP contribution in [0, 0.1) is 0 Å². The molecule has 1 aromatic heterocycles. The molecule has 0 radical (unpaired) electrons. The summed E-state index contributed by atoms with van der Waals surface area (Å²) in [5.41, 5.74) is 2.81. The monoisotopic (exact) mass is 492 g/mol. The summed E-state index contributed by atoms with van der Waals surface area (Å²) in [7, 11) is 1.62. The van der Waals surface area contributed by atoms with Crippen LogP contribution in [0.15, 0.2) is 48.5 Å². The van der Waals surface area contributed by atoms with E-state index in [9.17, 15) is 9.59 Å². The van der Waals surface area contributed by atoms with E-state index in [1.54, 1.807) is 7.11 Å². The first kappa shape index (κ1) is 27.2. The lowest BCUT2D eigenvalue weighted by atomic mass is 10.1. The van der Waals surface area contributed by atoms with Crippen molar-refractivity contribution in [3.05, 3.63) is 59.9 Å². The Balaban J connectivity index is 1.64. The first-order valence-electron chi connectivity index (χ1n) is 13.0. The first-order chi connectivity index (χ1) is 17.4. The molecule has 1 N–H and O–H groups in total. The van der Waals surface area contributed by atoms with E-state index >= 15 is 0 Å². The quantitative estimate of drug-likeness (QED) is 0.349. The summed E-state index contributed by atoms with van der Waals surface area (Å²) in [6.07, 6.45) is 3.59. The van der Waals surface area contributed by atoms with Crippen molar-refractivity contribution in [2.45, 2.75) is 78.4 Å². The molecule has 0 saturated carbocycles. The normalized spacial score (nSPS) is 12.8. The molecule has 0 aliphatic carbocycles. The van der Waals surface area contributed by atoms with Gasteiger partial charge >= 0.3 is 0 Å². The van der Waals surface area contributed by atoms with Gasteiger partial charge in [-0.2, -0.15) is 0 Å². The predicted octanol–water partition coefficient (Wildman–Crippen LogP) is 4.76. The maximum absolute atomic E-state index is 13.5. The molecule has 1 heterocycles. The van der Waals surface area contributed by atoms with Crippen LogP contribution in [0.25, 0.3) is 11.0 Å². The molecule has 0 bridgehead atoms. The minimum absolute atomic E-state index is 0.0124. The highest BCUT2D eigenvalue weighted by atomic mass is 16.5. The van der Waals surface area contributed by atoms with Gasteiger partial charge in [0.25, 0.3) is 0 Å². The lowest BCUT2D eigenvalue weighted by molar-refractivity contribution is -0.136. The molecular weight excluding hydrogens is 452 g/mol. The van der Waals surface area contributed by atoms with Gasteiger partial charge in [-0.1, -0.05) is 38.1 Å². The molecule has 2 aromatic carbocycles. The molecule has 7 nitrogen and oxygen atoms in total. The minimum atomic E-state index is -0.0124. The predicted molar refractivity (Wildman–Crippen MR) is 144 cm³/mol. The van der Waals surface area contributed by atoms with Crippen LogP contribution in [0.1, 0.15) is 58.3 Å². The Labute approximate surface area is 214 Å². The van der Waals surface area contributed by atoms with Gasteiger partial charge in [-0.05, 0) is 62.9 Å². The largest absolute Gasteiger partial charge is 0.497 e. The van der Waals surface area contributed by atoms with Gasteiger partial charge in [0.2, 0.25) is 11.8 Å². The molecule has 0 aliphatic heterocycles. The molecule has 3 rings (SSSR count). The highest BCUT2D eigenvalue weighted by Gasteiger charge is 2.25. The summed E-state index contributed by atoms with van der Waals surface area (Å²) < 4.78 is 7.22. The van der Waals surface area contributed by atoms with E-state index in [-0.39, 0.29) is 30.4 Å². The van der Waals surface area contributed by atoms with Crippen LogP contribution in [0.3, 0.4) is 0 Å². The van der Waals surface area contributed by atoms with Crippen LogP contribution < -0.4 is 10.1 Å². The van der Waals surface area contributed by atoms with Crippen molar-refractivity contribution in [1.29, 1.82) is 0 Å². The second kappa shape index (κ2) is 13.1. The van der Waals surface area contributed by atoms with Crippen LogP contribution in [-0.2, 0) is 29.0 Å². The first-order valence-corrected chi connectivity index (χ1v) is 13.0. The number of hydrogen-bond donors (Lipinski definition) is 1. The van der Waals surface area contributed by atoms with E-state index < -0.39 is 0 Å². The molecular formula is C29H40N4O3. The average molecular weight is 493 g/mol. The van der Waals surface area contributed by atoms with Crippen LogP contribution in [-0.4, -0.2) is 52.0 Å². The molecule has 3 aromatic rings. The number of hydrogen-bond acceptors (Lipinski definition) is 4. The molecule has 7 heteroatoms. The summed E-state index contributed by atoms with van der Waals surface area (Å²) in [6, 6.07) is 15.9. The highest BCUT2D eigenvalue weighted by molar-refractivity contribution is 5.81. The number of fused-ring (bicyclic) bond motifs is 1. The number of amides is 2. The molecule has 0 aliphatic rings. The number of aromatic nitrogens is 2. The average Bonchev–Trinajstić information content (AvgIpc) is 3.23. The topological polar surface area (TPSA) is 76.5 Å². The Morgan fingerprint density at radius 1 is 1.03 bits per heavy atom. The fourth-order valence-electron chi connectivity index (χ4n) is 4.49. The van der Waals surface area contributed by atoms with Gasteiger partial charge in [0.1, 0.15) is 18.1 Å². The van der Waals surface area contributed by atoms with Gasteiger partial charge in [-0.3, -0.25) is 9.59 Å². The zero-order valence-corrected chi connectivity index (χ0v) is 22.3. The van der Waals surface area contributed by atoms with E-state index in [2.05, 4.69) is 37.6 Å². The minimum Gasteiger partial charge on any atom is -0.497 e. The van der Waals surface area contributed by atoms with Gasteiger partial charge in [0.05, 0.1) is 24.6 Å². The molecule has 0 fully saturated rings. The lowest BCUT2D eigenvalue weighted by Gasteiger charge is -2.34. The third-order valence-electron chi connectivity index (χ3n) is 6.87. The van der Waals surface area contributed by atoms with Gasteiger partial charge in [0, 0.05) is 25.0 Å². The number of carbonyl (C=O) groups is 2. The van der Waals surface area contributed by atoms with Crippen molar-refractivity contribution >= 4 is 22.8 Å². The number of rotatable bonds is 13. The Hall–Kier alpha value is -3.35. The number of benzene rings is 2.